The Labute approximate surface area is 193 Å². The van der Waals surface area contributed by atoms with Crippen LogP contribution in [0.15, 0.2) is 60.7 Å². The van der Waals surface area contributed by atoms with Crippen molar-refractivity contribution in [2.45, 2.75) is 12.8 Å². The summed E-state index contributed by atoms with van der Waals surface area (Å²) in [6.07, 6.45) is 1.77. The zero-order valence-corrected chi connectivity index (χ0v) is 19.2. The molecule has 4 aromatic rings. The predicted molar refractivity (Wildman–Crippen MR) is 128 cm³/mol. The molecule has 5 rings (SSSR count). The molecule has 1 aliphatic carbocycles. The summed E-state index contributed by atoms with van der Waals surface area (Å²) in [5.41, 5.74) is 7.53. The molecule has 3 aromatic carbocycles. The van der Waals surface area contributed by atoms with Crippen LogP contribution in [-0.4, -0.2) is 38.2 Å². The summed E-state index contributed by atoms with van der Waals surface area (Å²) in [6.45, 7) is 0. The molecule has 1 heterocycles. The Morgan fingerprint density at radius 1 is 0.758 bits per heavy atom. The van der Waals surface area contributed by atoms with Gasteiger partial charge in [0.05, 0.1) is 45.5 Å². The summed E-state index contributed by atoms with van der Waals surface area (Å²) < 4.78 is 24.4. The van der Waals surface area contributed by atoms with Gasteiger partial charge in [-0.05, 0) is 60.4 Å². The number of ether oxygens (including phenoxy) is 4. The molecular weight excluding hydrogens is 416 g/mol. The SMILES string of the molecule is COc1ccc2c(c1)CCc1nn(-c3ccccc3)c(-c3cc(OC)c(OC)c(OC)c3)c1-2. The van der Waals surface area contributed by atoms with E-state index in [9.17, 15) is 0 Å². The largest absolute Gasteiger partial charge is 0.497 e. The maximum absolute atomic E-state index is 5.66. The summed E-state index contributed by atoms with van der Waals surface area (Å²) in [6, 6.07) is 20.4. The van der Waals surface area contributed by atoms with Gasteiger partial charge in [0.1, 0.15) is 5.75 Å². The van der Waals surface area contributed by atoms with Gasteiger partial charge >= 0.3 is 0 Å². The predicted octanol–water partition coefficient (Wildman–Crippen LogP) is 5.34. The lowest BCUT2D eigenvalue weighted by Crippen LogP contribution is -2.04. The third kappa shape index (κ3) is 3.48. The maximum atomic E-state index is 5.66. The number of hydrogen-bond acceptors (Lipinski definition) is 5. The van der Waals surface area contributed by atoms with Gasteiger partial charge in [0.15, 0.2) is 11.5 Å². The molecule has 0 N–H and O–H groups in total. The van der Waals surface area contributed by atoms with E-state index in [1.54, 1.807) is 28.4 Å². The van der Waals surface area contributed by atoms with E-state index in [-0.39, 0.29) is 0 Å². The van der Waals surface area contributed by atoms with Crippen LogP contribution in [-0.2, 0) is 12.8 Å². The lowest BCUT2D eigenvalue weighted by Gasteiger charge is -2.19. The standard InChI is InChI=1S/C27H26N2O4/c1-30-20-11-12-21-17(14-20)10-13-22-25(21)26(29(28-22)19-8-6-5-7-9-19)18-15-23(31-2)27(33-4)24(16-18)32-3/h5-9,11-12,14-16H,10,13H2,1-4H3. The monoisotopic (exact) mass is 442 g/mol. The summed E-state index contributed by atoms with van der Waals surface area (Å²) >= 11 is 0. The minimum atomic E-state index is 0.563. The molecule has 1 aliphatic rings. The van der Waals surface area contributed by atoms with Gasteiger partial charge < -0.3 is 18.9 Å². The van der Waals surface area contributed by atoms with E-state index in [1.165, 1.54) is 11.1 Å². The Hall–Kier alpha value is -3.93. The minimum Gasteiger partial charge on any atom is -0.497 e. The van der Waals surface area contributed by atoms with Gasteiger partial charge in [-0.1, -0.05) is 24.3 Å². The van der Waals surface area contributed by atoms with Crippen molar-refractivity contribution in [1.29, 1.82) is 0 Å². The number of fused-ring (bicyclic) bond motifs is 3. The van der Waals surface area contributed by atoms with Crippen molar-refractivity contribution < 1.29 is 18.9 Å². The van der Waals surface area contributed by atoms with Crippen molar-refractivity contribution in [3.8, 4) is 51.1 Å². The normalized spacial score (nSPS) is 12.0. The molecule has 0 bridgehead atoms. The van der Waals surface area contributed by atoms with Crippen LogP contribution in [0.1, 0.15) is 11.3 Å². The number of aryl methyl sites for hydroxylation is 2. The third-order valence-corrected chi connectivity index (χ3v) is 6.11. The highest BCUT2D eigenvalue weighted by molar-refractivity contribution is 5.88. The molecule has 33 heavy (non-hydrogen) atoms. The van der Waals surface area contributed by atoms with Crippen LogP contribution < -0.4 is 18.9 Å². The molecule has 1 aromatic heterocycles. The van der Waals surface area contributed by atoms with E-state index >= 15 is 0 Å². The van der Waals surface area contributed by atoms with E-state index in [0.29, 0.717) is 17.2 Å². The molecular formula is C27H26N2O4. The quantitative estimate of drug-likeness (QED) is 0.404. The number of nitrogens with zero attached hydrogens (tertiary/aromatic N) is 2. The van der Waals surface area contributed by atoms with Crippen LogP contribution in [0.5, 0.6) is 23.0 Å². The van der Waals surface area contributed by atoms with E-state index < -0.39 is 0 Å². The van der Waals surface area contributed by atoms with Crippen molar-refractivity contribution in [2.75, 3.05) is 28.4 Å². The van der Waals surface area contributed by atoms with Crippen LogP contribution in [0.25, 0.3) is 28.1 Å². The van der Waals surface area contributed by atoms with E-state index in [0.717, 1.165) is 46.8 Å². The first-order valence-electron chi connectivity index (χ1n) is 10.8. The van der Waals surface area contributed by atoms with Gasteiger partial charge in [-0.3, -0.25) is 0 Å². The molecule has 0 saturated carbocycles. The lowest BCUT2D eigenvalue weighted by molar-refractivity contribution is 0.324. The molecule has 0 fully saturated rings. The fourth-order valence-corrected chi connectivity index (χ4v) is 4.56. The van der Waals surface area contributed by atoms with Crippen LogP contribution in [0.4, 0.5) is 0 Å². The third-order valence-electron chi connectivity index (χ3n) is 6.11. The van der Waals surface area contributed by atoms with Crippen LogP contribution in [0.3, 0.4) is 0 Å². The van der Waals surface area contributed by atoms with Gasteiger partial charge in [0.25, 0.3) is 0 Å². The van der Waals surface area contributed by atoms with Crippen molar-refractivity contribution in [3.05, 3.63) is 71.9 Å². The number of aromatic nitrogens is 2. The second-order valence-corrected chi connectivity index (χ2v) is 7.85. The van der Waals surface area contributed by atoms with Gasteiger partial charge in [-0.15, -0.1) is 0 Å². The second-order valence-electron chi connectivity index (χ2n) is 7.85. The Balaban J connectivity index is 1.83. The molecule has 0 unspecified atom stereocenters. The van der Waals surface area contributed by atoms with Gasteiger partial charge in [-0.2, -0.15) is 5.10 Å². The Kier molecular flexibility index (Phi) is 5.42. The molecule has 6 heteroatoms. The highest BCUT2D eigenvalue weighted by Gasteiger charge is 2.28. The number of rotatable bonds is 6. The highest BCUT2D eigenvalue weighted by atomic mass is 16.5. The summed E-state index contributed by atoms with van der Waals surface area (Å²) in [4.78, 5) is 0. The van der Waals surface area contributed by atoms with Crippen molar-refractivity contribution in [3.63, 3.8) is 0 Å². The molecule has 0 amide bonds. The van der Waals surface area contributed by atoms with E-state index in [2.05, 4.69) is 24.3 Å². The zero-order valence-electron chi connectivity index (χ0n) is 19.2. The zero-order chi connectivity index (χ0) is 22.9. The smallest absolute Gasteiger partial charge is 0.203 e. The van der Waals surface area contributed by atoms with E-state index in [4.69, 9.17) is 24.0 Å². The van der Waals surface area contributed by atoms with Crippen molar-refractivity contribution in [2.24, 2.45) is 0 Å². The second kappa shape index (κ2) is 8.54. The lowest BCUT2D eigenvalue weighted by atomic mass is 9.86. The van der Waals surface area contributed by atoms with Gasteiger partial charge in [0.2, 0.25) is 5.75 Å². The Morgan fingerprint density at radius 2 is 1.48 bits per heavy atom. The first kappa shape index (κ1) is 20.9. The van der Waals surface area contributed by atoms with Crippen molar-refractivity contribution >= 4 is 0 Å². The Bertz CT molecular complexity index is 1290. The summed E-state index contributed by atoms with van der Waals surface area (Å²) in [7, 11) is 6.57. The average Bonchev–Trinajstić information content (AvgIpc) is 3.28. The number of hydrogen-bond donors (Lipinski definition) is 0. The van der Waals surface area contributed by atoms with Gasteiger partial charge in [0, 0.05) is 11.1 Å². The first-order chi connectivity index (χ1) is 16.2. The summed E-state index contributed by atoms with van der Waals surface area (Å²) in [5, 5.41) is 5.06. The van der Waals surface area contributed by atoms with E-state index in [1.807, 2.05) is 41.1 Å². The van der Waals surface area contributed by atoms with Crippen LogP contribution >= 0.6 is 0 Å². The first-order valence-corrected chi connectivity index (χ1v) is 10.8. The maximum Gasteiger partial charge on any atom is 0.203 e. The average molecular weight is 443 g/mol. The molecule has 0 saturated heterocycles. The molecule has 6 nitrogen and oxygen atoms in total. The number of benzene rings is 3. The Morgan fingerprint density at radius 3 is 2.12 bits per heavy atom. The van der Waals surface area contributed by atoms with Crippen molar-refractivity contribution in [1.82, 2.24) is 9.78 Å². The summed E-state index contributed by atoms with van der Waals surface area (Å²) in [5.74, 6) is 2.63. The molecule has 0 atom stereocenters. The minimum absolute atomic E-state index is 0.563. The number of methoxy groups -OCH3 is 4. The molecule has 0 radical (unpaired) electrons. The van der Waals surface area contributed by atoms with Crippen LogP contribution in [0, 0.1) is 0 Å². The number of para-hydroxylation sites is 1. The highest BCUT2D eigenvalue weighted by Crippen LogP contribution is 2.47. The molecule has 0 aliphatic heterocycles. The fourth-order valence-electron chi connectivity index (χ4n) is 4.56. The molecule has 168 valence electrons. The topological polar surface area (TPSA) is 54.7 Å². The van der Waals surface area contributed by atoms with Crippen LogP contribution in [0.2, 0.25) is 0 Å². The molecule has 0 spiro atoms. The van der Waals surface area contributed by atoms with Gasteiger partial charge in [-0.25, -0.2) is 4.68 Å². The fraction of sp³-hybridized carbons (Fsp3) is 0.222.